The monoisotopic (exact) mass is 280 g/mol. The van der Waals surface area contributed by atoms with Crippen molar-refractivity contribution in [2.45, 2.75) is 44.6 Å². The van der Waals surface area contributed by atoms with Gasteiger partial charge < -0.3 is 9.64 Å². The van der Waals surface area contributed by atoms with E-state index in [1.807, 2.05) is 11.8 Å². The van der Waals surface area contributed by atoms with Gasteiger partial charge in [0.1, 0.15) is 6.10 Å². The van der Waals surface area contributed by atoms with Crippen LogP contribution in [0.2, 0.25) is 0 Å². The predicted octanol–water partition coefficient (Wildman–Crippen LogP) is 2.34. The van der Waals surface area contributed by atoms with Gasteiger partial charge in [-0.25, -0.2) is 4.98 Å². The lowest BCUT2D eigenvalue weighted by molar-refractivity contribution is -0.142. The molecule has 0 aromatic carbocycles. The van der Waals surface area contributed by atoms with Crippen LogP contribution in [-0.2, 0) is 9.53 Å². The van der Waals surface area contributed by atoms with E-state index in [1.54, 1.807) is 11.3 Å². The van der Waals surface area contributed by atoms with E-state index in [0.717, 1.165) is 51.1 Å². The third-order valence-corrected chi connectivity index (χ3v) is 5.05. The van der Waals surface area contributed by atoms with E-state index >= 15 is 0 Å². The fraction of sp³-hybridized carbons (Fsp3) is 0.714. The second kappa shape index (κ2) is 5.59. The maximum atomic E-state index is 12.4. The highest BCUT2D eigenvalue weighted by Gasteiger charge is 2.32. The number of piperidine rings is 1. The Labute approximate surface area is 117 Å². The average Bonchev–Trinajstić information content (AvgIpc) is 3.09. The van der Waals surface area contributed by atoms with Gasteiger partial charge in [-0.05, 0) is 32.6 Å². The van der Waals surface area contributed by atoms with E-state index in [1.165, 1.54) is 5.01 Å². The Morgan fingerprint density at radius 1 is 1.47 bits per heavy atom. The minimum absolute atomic E-state index is 0.184. The van der Waals surface area contributed by atoms with Gasteiger partial charge in [0, 0.05) is 36.7 Å². The Bertz CT molecular complexity index is 454. The Balaban J connectivity index is 1.65. The first-order valence-corrected chi connectivity index (χ1v) is 7.94. The number of amides is 1. The van der Waals surface area contributed by atoms with Crippen LogP contribution >= 0.6 is 11.3 Å². The van der Waals surface area contributed by atoms with Crippen molar-refractivity contribution in [1.29, 1.82) is 0 Å². The summed E-state index contributed by atoms with van der Waals surface area (Å²) in [4.78, 5) is 18.9. The normalized spacial score (nSPS) is 27.7. The summed E-state index contributed by atoms with van der Waals surface area (Å²) in [6.45, 7) is 4.45. The zero-order chi connectivity index (χ0) is 13.2. The third-order valence-electron chi connectivity index (χ3n) is 3.92. The van der Waals surface area contributed by atoms with Gasteiger partial charge in [0.2, 0.25) is 0 Å². The van der Waals surface area contributed by atoms with Crippen LogP contribution in [0.4, 0.5) is 0 Å². The zero-order valence-corrected chi connectivity index (χ0v) is 12.1. The summed E-state index contributed by atoms with van der Waals surface area (Å²) in [5.74, 6) is 0.605. The van der Waals surface area contributed by atoms with Crippen LogP contribution in [0.5, 0.6) is 0 Å². The molecule has 3 heterocycles. The van der Waals surface area contributed by atoms with Gasteiger partial charge in [-0.1, -0.05) is 0 Å². The topological polar surface area (TPSA) is 42.4 Å². The molecule has 2 fully saturated rings. The predicted molar refractivity (Wildman–Crippen MR) is 74.4 cm³/mol. The molecular formula is C14H20N2O2S. The van der Waals surface area contributed by atoms with Crippen LogP contribution in [-0.4, -0.2) is 41.6 Å². The molecule has 104 valence electrons. The molecule has 4 nitrogen and oxygen atoms in total. The second-order valence-electron chi connectivity index (χ2n) is 5.45. The SMILES string of the molecule is Cc1csc([C@H]2CCCN(C(=O)[C@@H]3CCCO3)C2)n1. The number of ether oxygens (including phenoxy) is 1. The molecule has 1 amide bonds. The Morgan fingerprint density at radius 2 is 2.37 bits per heavy atom. The highest BCUT2D eigenvalue weighted by Crippen LogP contribution is 2.30. The smallest absolute Gasteiger partial charge is 0.251 e. The molecular weight excluding hydrogens is 260 g/mol. The van der Waals surface area contributed by atoms with Crippen molar-refractivity contribution in [3.63, 3.8) is 0 Å². The maximum Gasteiger partial charge on any atom is 0.251 e. The lowest BCUT2D eigenvalue weighted by Crippen LogP contribution is -2.44. The first-order chi connectivity index (χ1) is 9.24. The van der Waals surface area contributed by atoms with E-state index in [2.05, 4.69) is 10.4 Å². The van der Waals surface area contributed by atoms with Crippen molar-refractivity contribution < 1.29 is 9.53 Å². The van der Waals surface area contributed by atoms with E-state index in [4.69, 9.17) is 4.74 Å². The van der Waals surface area contributed by atoms with Crippen LogP contribution in [0.15, 0.2) is 5.38 Å². The summed E-state index contributed by atoms with van der Waals surface area (Å²) in [5.41, 5.74) is 1.09. The minimum Gasteiger partial charge on any atom is -0.368 e. The number of carbonyl (C=O) groups excluding carboxylic acids is 1. The Morgan fingerprint density at radius 3 is 3.05 bits per heavy atom. The number of carbonyl (C=O) groups is 1. The molecule has 0 bridgehead atoms. The zero-order valence-electron chi connectivity index (χ0n) is 11.3. The quantitative estimate of drug-likeness (QED) is 0.835. The van der Waals surface area contributed by atoms with Crippen molar-refractivity contribution >= 4 is 17.2 Å². The molecule has 0 radical (unpaired) electrons. The molecule has 0 saturated carbocycles. The highest BCUT2D eigenvalue weighted by atomic mass is 32.1. The minimum atomic E-state index is -0.184. The second-order valence-corrected chi connectivity index (χ2v) is 6.34. The van der Waals surface area contributed by atoms with E-state index < -0.39 is 0 Å². The van der Waals surface area contributed by atoms with Crippen molar-refractivity contribution in [3.05, 3.63) is 16.1 Å². The number of thiazole rings is 1. The molecule has 0 aliphatic carbocycles. The Kier molecular flexibility index (Phi) is 3.84. The van der Waals surface area contributed by atoms with E-state index in [-0.39, 0.29) is 12.0 Å². The molecule has 1 aromatic heterocycles. The van der Waals surface area contributed by atoms with E-state index in [0.29, 0.717) is 5.92 Å². The van der Waals surface area contributed by atoms with Crippen LogP contribution in [0.3, 0.4) is 0 Å². The number of aromatic nitrogens is 1. The van der Waals surface area contributed by atoms with Gasteiger partial charge in [-0.15, -0.1) is 11.3 Å². The molecule has 0 N–H and O–H groups in total. The number of rotatable bonds is 2. The number of hydrogen-bond donors (Lipinski definition) is 0. The van der Waals surface area contributed by atoms with Gasteiger partial charge in [-0.3, -0.25) is 4.79 Å². The average molecular weight is 280 g/mol. The third kappa shape index (κ3) is 2.82. The summed E-state index contributed by atoms with van der Waals surface area (Å²) >= 11 is 1.72. The summed E-state index contributed by atoms with van der Waals surface area (Å²) in [6, 6.07) is 0. The fourth-order valence-electron chi connectivity index (χ4n) is 2.91. The van der Waals surface area contributed by atoms with Gasteiger partial charge in [0.05, 0.1) is 5.01 Å². The van der Waals surface area contributed by atoms with Crippen molar-refractivity contribution in [2.24, 2.45) is 0 Å². The lowest BCUT2D eigenvalue weighted by Gasteiger charge is -2.33. The largest absolute Gasteiger partial charge is 0.368 e. The summed E-state index contributed by atoms with van der Waals surface area (Å²) in [5, 5.41) is 3.28. The summed E-state index contributed by atoms with van der Waals surface area (Å²) < 4.78 is 5.51. The number of hydrogen-bond acceptors (Lipinski definition) is 4. The van der Waals surface area contributed by atoms with Crippen molar-refractivity contribution in [3.8, 4) is 0 Å². The maximum absolute atomic E-state index is 12.4. The van der Waals surface area contributed by atoms with Crippen LogP contribution in [0, 0.1) is 6.92 Å². The van der Waals surface area contributed by atoms with Gasteiger partial charge in [-0.2, -0.15) is 0 Å². The molecule has 19 heavy (non-hydrogen) atoms. The van der Waals surface area contributed by atoms with Crippen LogP contribution in [0.1, 0.15) is 42.3 Å². The van der Waals surface area contributed by atoms with Crippen molar-refractivity contribution in [1.82, 2.24) is 9.88 Å². The first-order valence-electron chi connectivity index (χ1n) is 7.06. The number of aryl methyl sites for hydroxylation is 1. The van der Waals surface area contributed by atoms with Gasteiger partial charge >= 0.3 is 0 Å². The van der Waals surface area contributed by atoms with Gasteiger partial charge in [0.15, 0.2) is 0 Å². The molecule has 2 aliphatic heterocycles. The molecule has 0 unspecified atom stereocenters. The molecule has 3 rings (SSSR count). The van der Waals surface area contributed by atoms with Crippen LogP contribution < -0.4 is 0 Å². The number of likely N-dealkylation sites (tertiary alicyclic amines) is 1. The highest BCUT2D eigenvalue weighted by molar-refractivity contribution is 7.09. The Hall–Kier alpha value is -0.940. The lowest BCUT2D eigenvalue weighted by atomic mass is 9.98. The summed E-state index contributed by atoms with van der Waals surface area (Å²) in [6.07, 6.45) is 3.93. The molecule has 2 aliphatic rings. The number of nitrogens with zero attached hydrogens (tertiary/aromatic N) is 2. The van der Waals surface area contributed by atoms with Gasteiger partial charge in [0.25, 0.3) is 5.91 Å². The fourth-order valence-corrected chi connectivity index (χ4v) is 3.84. The standard InChI is InChI=1S/C14H20N2O2S/c1-10-9-19-13(15-10)11-4-2-6-16(8-11)14(17)12-5-3-7-18-12/h9,11-12H,2-8H2,1H3/t11-,12-/m0/s1. The summed E-state index contributed by atoms with van der Waals surface area (Å²) in [7, 11) is 0. The van der Waals surface area contributed by atoms with Crippen molar-refractivity contribution in [2.75, 3.05) is 19.7 Å². The van der Waals surface area contributed by atoms with Crippen LogP contribution in [0.25, 0.3) is 0 Å². The molecule has 0 spiro atoms. The molecule has 5 heteroatoms. The first kappa shape index (κ1) is 13.1. The molecule has 2 saturated heterocycles. The molecule has 2 atom stereocenters. The van der Waals surface area contributed by atoms with E-state index in [9.17, 15) is 4.79 Å². The molecule has 1 aromatic rings.